The number of allylic oxidation sites excluding steroid dienone is 1. The fourth-order valence-corrected chi connectivity index (χ4v) is 2.42. The van der Waals surface area contributed by atoms with Gasteiger partial charge in [-0.3, -0.25) is 4.90 Å². The van der Waals surface area contributed by atoms with Gasteiger partial charge < -0.3 is 14.3 Å². The number of unbranched alkanes of at least 4 members (excludes halogenated alkanes) is 1. The maximum atomic E-state index is 12.3. The summed E-state index contributed by atoms with van der Waals surface area (Å²) in [5.74, 6) is 0. The number of carbonyl (C=O) groups excluding carboxylic acids is 2. The molecule has 1 saturated heterocycles. The van der Waals surface area contributed by atoms with Crippen molar-refractivity contribution in [2.45, 2.75) is 57.7 Å². The lowest BCUT2D eigenvalue weighted by atomic mass is 9.94. The molecule has 1 fully saturated rings. The lowest BCUT2D eigenvalue weighted by Crippen LogP contribution is -2.56. The second-order valence-electron chi connectivity index (χ2n) is 5.59. The Morgan fingerprint density at radius 1 is 1.50 bits per heavy atom. The average molecular weight is 283 g/mol. The predicted molar refractivity (Wildman–Crippen MR) is 76.4 cm³/mol. The molecule has 114 valence electrons. The highest BCUT2D eigenvalue weighted by Gasteiger charge is 2.54. The molecule has 1 aliphatic rings. The molecule has 1 unspecified atom stereocenters. The smallest absolute Gasteiger partial charge is 0.412 e. The Balaban J connectivity index is 2.90. The average Bonchev–Trinajstić information content (AvgIpc) is 2.68. The van der Waals surface area contributed by atoms with Crippen molar-refractivity contribution in [3.8, 4) is 0 Å². The van der Waals surface area contributed by atoms with E-state index in [9.17, 15) is 9.59 Å². The topological polar surface area (TPSA) is 55.8 Å². The van der Waals surface area contributed by atoms with Gasteiger partial charge in [0.25, 0.3) is 0 Å². The van der Waals surface area contributed by atoms with Crippen molar-refractivity contribution >= 4 is 12.4 Å². The van der Waals surface area contributed by atoms with Crippen molar-refractivity contribution in [2.75, 3.05) is 13.2 Å². The van der Waals surface area contributed by atoms with Gasteiger partial charge in [-0.25, -0.2) is 4.79 Å². The fraction of sp³-hybridized carbons (Fsp3) is 0.733. The first-order valence-electron chi connectivity index (χ1n) is 7.12. The molecule has 0 radical (unpaired) electrons. The number of hydrogen-bond acceptors (Lipinski definition) is 4. The van der Waals surface area contributed by atoms with Crippen LogP contribution in [0.25, 0.3) is 0 Å². The van der Waals surface area contributed by atoms with E-state index >= 15 is 0 Å². The predicted octanol–water partition coefficient (Wildman–Crippen LogP) is 2.90. The Labute approximate surface area is 120 Å². The van der Waals surface area contributed by atoms with Crippen molar-refractivity contribution in [1.29, 1.82) is 0 Å². The maximum Gasteiger partial charge on any atom is 0.412 e. The molecule has 1 rings (SSSR count). The van der Waals surface area contributed by atoms with E-state index in [0.717, 1.165) is 19.1 Å². The third-order valence-corrected chi connectivity index (χ3v) is 3.57. The van der Waals surface area contributed by atoms with Crippen LogP contribution in [0.5, 0.6) is 0 Å². The van der Waals surface area contributed by atoms with Crippen molar-refractivity contribution in [2.24, 2.45) is 0 Å². The molecule has 5 heteroatoms. The summed E-state index contributed by atoms with van der Waals surface area (Å²) in [6, 6.07) is 0. The van der Waals surface area contributed by atoms with Gasteiger partial charge in [0.15, 0.2) is 0 Å². The Hall–Kier alpha value is -1.36. The second-order valence-corrected chi connectivity index (χ2v) is 5.59. The molecule has 1 amide bonds. The first-order valence-corrected chi connectivity index (χ1v) is 7.12. The van der Waals surface area contributed by atoms with Crippen LogP contribution in [-0.2, 0) is 14.3 Å². The zero-order valence-electron chi connectivity index (χ0n) is 12.7. The van der Waals surface area contributed by atoms with Crippen molar-refractivity contribution in [3.63, 3.8) is 0 Å². The summed E-state index contributed by atoms with van der Waals surface area (Å²) in [5.41, 5.74) is -1.80. The molecule has 0 aliphatic carbocycles. The zero-order chi connectivity index (χ0) is 15.2. The van der Waals surface area contributed by atoms with Crippen LogP contribution >= 0.6 is 0 Å². The number of carbonyl (C=O) groups is 2. The number of amides is 1. The monoisotopic (exact) mass is 283 g/mol. The Kier molecular flexibility index (Phi) is 5.74. The normalized spacial score (nSPS) is 24.4. The maximum absolute atomic E-state index is 12.3. The Bertz CT molecular complexity index is 367. The molecule has 0 spiro atoms. The lowest BCUT2D eigenvalue weighted by molar-refractivity contribution is -0.118. The van der Waals surface area contributed by atoms with E-state index in [1.165, 1.54) is 4.90 Å². The molecule has 1 aliphatic heterocycles. The molecular weight excluding hydrogens is 258 g/mol. The summed E-state index contributed by atoms with van der Waals surface area (Å²) < 4.78 is 10.9. The summed E-state index contributed by atoms with van der Waals surface area (Å²) >= 11 is 0. The molecule has 0 N–H and O–H groups in total. The minimum Gasteiger partial charge on any atom is -0.449 e. The van der Waals surface area contributed by atoms with Crippen LogP contribution in [0, 0.1) is 0 Å². The molecular formula is C15H25NO4. The van der Waals surface area contributed by atoms with Crippen LogP contribution in [0.2, 0.25) is 0 Å². The fourth-order valence-electron chi connectivity index (χ4n) is 2.42. The van der Waals surface area contributed by atoms with Crippen LogP contribution in [0.1, 0.15) is 46.5 Å². The van der Waals surface area contributed by atoms with Gasteiger partial charge in [0.2, 0.25) is 0 Å². The van der Waals surface area contributed by atoms with Gasteiger partial charge in [-0.15, -0.1) is 6.58 Å². The van der Waals surface area contributed by atoms with E-state index < -0.39 is 17.4 Å². The van der Waals surface area contributed by atoms with Crippen LogP contribution in [-0.4, -0.2) is 41.8 Å². The van der Waals surface area contributed by atoms with E-state index in [0.29, 0.717) is 19.4 Å². The summed E-state index contributed by atoms with van der Waals surface area (Å²) in [4.78, 5) is 25.4. The zero-order valence-corrected chi connectivity index (χ0v) is 12.7. The molecule has 20 heavy (non-hydrogen) atoms. The first-order chi connectivity index (χ1) is 9.43. The van der Waals surface area contributed by atoms with Crippen LogP contribution < -0.4 is 0 Å². The lowest BCUT2D eigenvalue weighted by Gasteiger charge is -2.37. The Morgan fingerprint density at radius 3 is 2.75 bits per heavy atom. The first kappa shape index (κ1) is 16.7. The highest BCUT2D eigenvalue weighted by atomic mass is 16.6. The van der Waals surface area contributed by atoms with Crippen LogP contribution in [0.15, 0.2) is 12.7 Å². The number of ether oxygens (including phenoxy) is 2. The number of rotatable bonds is 7. The third-order valence-electron chi connectivity index (χ3n) is 3.57. The second kappa shape index (κ2) is 6.88. The number of nitrogens with zero attached hydrogens (tertiary/aromatic N) is 1. The number of hydrogen-bond donors (Lipinski definition) is 0. The van der Waals surface area contributed by atoms with Gasteiger partial charge in [-0.1, -0.05) is 19.4 Å². The Morgan fingerprint density at radius 2 is 2.20 bits per heavy atom. The van der Waals surface area contributed by atoms with Crippen molar-refractivity contribution in [1.82, 2.24) is 4.90 Å². The molecule has 0 aromatic rings. The summed E-state index contributed by atoms with van der Waals surface area (Å²) in [6.45, 7) is 9.78. The molecule has 1 heterocycles. The highest BCUT2D eigenvalue weighted by Crippen LogP contribution is 2.37. The highest BCUT2D eigenvalue weighted by molar-refractivity contribution is 5.78. The van der Waals surface area contributed by atoms with Gasteiger partial charge in [-0.2, -0.15) is 0 Å². The van der Waals surface area contributed by atoms with Gasteiger partial charge >= 0.3 is 6.09 Å². The standard InChI is InChI=1S/C15H25NO4/c1-5-7-9-15(11-17)12-20-14(3,4)16(15)13(18)19-10-8-6-2/h5,11H,1,6-10,12H2,2-4H3. The number of aldehydes is 1. The molecule has 1 atom stereocenters. The molecule has 0 aromatic carbocycles. The molecule has 0 aromatic heterocycles. The molecule has 0 saturated carbocycles. The minimum absolute atomic E-state index is 0.195. The van der Waals surface area contributed by atoms with E-state index in [1.54, 1.807) is 19.9 Å². The van der Waals surface area contributed by atoms with Gasteiger partial charge in [0, 0.05) is 0 Å². The largest absolute Gasteiger partial charge is 0.449 e. The van der Waals surface area contributed by atoms with Crippen molar-refractivity contribution in [3.05, 3.63) is 12.7 Å². The van der Waals surface area contributed by atoms with Crippen LogP contribution in [0.4, 0.5) is 4.79 Å². The van der Waals surface area contributed by atoms with E-state index in [4.69, 9.17) is 9.47 Å². The minimum atomic E-state index is -0.957. The molecule has 0 bridgehead atoms. The summed E-state index contributed by atoms with van der Waals surface area (Å²) in [6.07, 6.45) is 4.92. The van der Waals surface area contributed by atoms with E-state index in [2.05, 4.69) is 6.58 Å². The van der Waals surface area contributed by atoms with Gasteiger partial charge in [0.05, 0.1) is 13.2 Å². The third kappa shape index (κ3) is 3.39. The van der Waals surface area contributed by atoms with Gasteiger partial charge in [-0.05, 0) is 33.1 Å². The van der Waals surface area contributed by atoms with Crippen molar-refractivity contribution < 1.29 is 19.1 Å². The van der Waals surface area contributed by atoms with Gasteiger partial charge in [0.1, 0.15) is 17.6 Å². The van der Waals surface area contributed by atoms with Crippen LogP contribution in [0.3, 0.4) is 0 Å². The summed E-state index contributed by atoms with van der Waals surface area (Å²) in [7, 11) is 0. The molecule has 5 nitrogen and oxygen atoms in total. The quantitative estimate of drug-likeness (QED) is 0.409. The van der Waals surface area contributed by atoms with E-state index in [-0.39, 0.29) is 6.61 Å². The SMILES string of the molecule is C=CCCC1(C=O)COC(C)(C)N1C(=O)OCCCC. The summed E-state index contributed by atoms with van der Waals surface area (Å²) in [5, 5.41) is 0. The van der Waals surface area contributed by atoms with E-state index in [1.807, 2.05) is 6.92 Å².